The average Bonchev–Trinajstić information content (AvgIpc) is 2.21. The topological polar surface area (TPSA) is 34.1 Å². The number of sulfone groups is 1. The zero-order chi connectivity index (χ0) is 12.8. The molecule has 2 nitrogen and oxygen atoms in total. The minimum atomic E-state index is -2.84. The van der Waals surface area contributed by atoms with Crippen molar-refractivity contribution in [3.05, 3.63) is 0 Å². The van der Waals surface area contributed by atoms with Crippen LogP contribution < -0.4 is 0 Å². The molecule has 1 aliphatic carbocycles. The van der Waals surface area contributed by atoms with Crippen LogP contribution in [0.4, 0.5) is 0 Å². The predicted molar refractivity (Wildman–Crippen MR) is 74.0 cm³/mol. The second-order valence-corrected chi connectivity index (χ2v) is 8.35. The van der Waals surface area contributed by atoms with Gasteiger partial charge in [-0.15, -0.1) is 0 Å². The number of hydrogen-bond acceptors (Lipinski definition) is 2. The third kappa shape index (κ3) is 7.07. The van der Waals surface area contributed by atoms with E-state index in [1.54, 1.807) is 0 Å². The van der Waals surface area contributed by atoms with E-state index in [1.807, 2.05) is 0 Å². The van der Waals surface area contributed by atoms with Crippen LogP contribution in [0, 0.1) is 5.41 Å². The molecule has 0 spiro atoms. The van der Waals surface area contributed by atoms with Gasteiger partial charge in [0.15, 0.2) is 0 Å². The van der Waals surface area contributed by atoms with Crippen molar-refractivity contribution in [3.63, 3.8) is 0 Å². The van der Waals surface area contributed by atoms with Crippen LogP contribution in [0.15, 0.2) is 0 Å². The Morgan fingerprint density at radius 2 is 1.18 bits per heavy atom. The smallest absolute Gasteiger partial charge is 0.147 e. The summed E-state index contributed by atoms with van der Waals surface area (Å²) < 4.78 is 23.0. The van der Waals surface area contributed by atoms with E-state index in [4.69, 9.17) is 0 Å². The summed E-state index contributed by atoms with van der Waals surface area (Å²) in [5.74, 6) is 0.375. The molecule has 0 atom stereocenters. The Hall–Kier alpha value is -0.0500. The maximum absolute atomic E-state index is 11.5. The molecule has 0 aromatic carbocycles. The van der Waals surface area contributed by atoms with E-state index in [0.29, 0.717) is 5.75 Å². The lowest BCUT2D eigenvalue weighted by Gasteiger charge is -2.28. The zero-order valence-corrected chi connectivity index (χ0v) is 12.3. The highest BCUT2D eigenvalue weighted by Crippen LogP contribution is 2.33. The molecule has 0 aromatic rings. The molecule has 102 valence electrons. The van der Waals surface area contributed by atoms with Gasteiger partial charge in [0.2, 0.25) is 0 Å². The minimum absolute atomic E-state index is 0.0257. The molecule has 0 heterocycles. The molecule has 1 rings (SSSR count). The Balaban J connectivity index is 2.57. The fourth-order valence-corrected chi connectivity index (χ4v) is 4.62. The summed E-state index contributed by atoms with van der Waals surface area (Å²) in [6.07, 6.45) is 13.9. The molecule has 17 heavy (non-hydrogen) atoms. The summed E-state index contributed by atoms with van der Waals surface area (Å²) in [6, 6.07) is 0. The highest BCUT2D eigenvalue weighted by atomic mass is 32.2. The quantitative estimate of drug-likeness (QED) is 0.753. The Kier molecular flexibility index (Phi) is 5.98. The monoisotopic (exact) mass is 260 g/mol. The number of rotatable bonds is 2. The van der Waals surface area contributed by atoms with Gasteiger partial charge in [-0.1, -0.05) is 58.3 Å². The molecular weight excluding hydrogens is 232 g/mol. The minimum Gasteiger partial charge on any atom is -0.229 e. The molecule has 3 heteroatoms. The van der Waals surface area contributed by atoms with E-state index < -0.39 is 9.84 Å². The van der Waals surface area contributed by atoms with Gasteiger partial charge in [0.05, 0.1) is 5.75 Å². The second kappa shape index (κ2) is 6.77. The molecule has 0 aromatic heterocycles. The molecule has 0 bridgehead atoms. The van der Waals surface area contributed by atoms with Crippen molar-refractivity contribution in [1.82, 2.24) is 0 Å². The summed E-state index contributed by atoms with van der Waals surface area (Å²) in [7, 11) is -2.84. The standard InChI is InChI=1S/C14H28O2S/c1-14(13-17(2,15)16)11-9-7-5-3-4-6-8-10-12-14/h3-13H2,1-2H3. The first-order chi connectivity index (χ1) is 7.91. The van der Waals surface area contributed by atoms with Gasteiger partial charge in [-0.25, -0.2) is 8.42 Å². The van der Waals surface area contributed by atoms with Gasteiger partial charge in [-0.2, -0.15) is 0 Å². The number of hydrogen-bond donors (Lipinski definition) is 0. The van der Waals surface area contributed by atoms with Gasteiger partial charge >= 0.3 is 0 Å². The van der Waals surface area contributed by atoms with Crippen LogP contribution in [0.25, 0.3) is 0 Å². The molecule has 0 unspecified atom stereocenters. The van der Waals surface area contributed by atoms with Crippen molar-refractivity contribution >= 4 is 9.84 Å². The average molecular weight is 260 g/mol. The van der Waals surface area contributed by atoms with Crippen molar-refractivity contribution in [3.8, 4) is 0 Å². The second-order valence-electron chi connectivity index (χ2n) is 6.21. The van der Waals surface area contributed by atoms with E-state index in [0.717, 1.165) is 12.8 Å². The van der Waals surface area contributed by atoms with Crippen molar-refractivity contribution in [2.75, 3.05) is 12.0 Å². The van der Waals surface area contributed by atoms with E-state index >= 15 is 0 Å². The van der Waals surface area contributed by atoms with Crippen LogP contribution >= 0.6 is 0 Å². The zero-order valence-electron chi connectivity index (χ0n) is 11.5. The first-order valence-corrected chi connectivity index (χ1v) is 9.15. The van der Waals surface area contributed by atoms with Gasteiger partial charge in [-0.05, 0) is 18.3 Å². The molecule has 0 radical (unpaired) electrons. The molecule has 0 N–H and O–H groups in total. The maximum Gasteiger partial charge on any atom is 0.147 e. The van der Waals surface area contributed by atoms with Crippen molar-refractivity contribution < 1.29 is 8.42 Å². The molecule has 1 aliphatic rings. The molecule has 0 saturated heterocycles. The van der Waals surface area contributed by atoms with Gasteiger partial charge in [-0.3, -0.25) is 0 Å². The van der Waals surface area contributed by atoms with Gasteiger partial charge in [0.1, 0.15) is 9.84 Å². The van der Waals surface area contributed by atoms with Crippen LogP contribution in [0.3, 0.4) is 0 Å². The normalized spacial score (nSPS) is 23.9. The first-order valence-electron chi connectivity index (χ1n) is 7.09. The Bertz CT molecular complexity index is 294. The van der Waals surface area contributed by atoms with Crippen molar-refractivity contribution in [1.29, 1.82) is 0 Å². The fraction of sp³-hybridized carbons (Fsp3) is 1.00. The van der Waals surface area contributed by atoms with Crippen LogP contribution in [0.2, 0.25) is 0 Å². The summed E-state index contributed by atoms with van der Waals surface area (Å²) in [4.78, 5) is 0. The third-order valence-electron chi connectivity index (χ3n) is 3.92. The van der Waals surface area contributed by atoms with Crippen molar-refractivity contribution in [2.45, 2.75) is 71.1 Å². The van der Waals surface area contributed by atoms with Crippen molar-refractivity contribution in [2.24, 2.45) is 5.41 Å². The van der Waals surface area contributed by atoms with E-state index in [-0.39, 0.29) is 5.41 Å². The van der Waals surface area contributed by atoms with Crippen LogP contribution in [-0.4, -0.2) is 20.4 Å². The van der Waals surface area contributed by atoms with Crippen LogP contribution in [0.1, 0.15) is 71.1 Å². The molecule has 0 aliphatic heterocycles. The lowest BCUT2D eigenvalue weighted by molar-refractivity contribution is 0.289. The lowest BCUT2D eigenvalue weighted by atomic mass is 9.82. The third-order valence-corrected chi connectivity index (χ3v) is 5.14. The SMILES string of the molecule is CC1(CS(C)(=O)=O)CCCCCCCCCC1. The maximum atomic E-state index is 11.5. The predicted octanol–water partition coefficient (Wildman–Crippen LogP) is 3.95. The van der Waals surface area contributed by atoms with E-state index in [1.165, 1.54) is 57.6 Å². The summed E-state index contributed by atoms with van der Waals surface area (Å²) in [6.45, 7) is 2.17. The molecule has 1 fully saturated rings. The first kappa shape index (κ1) is 15.0. The Labute approximate surface area is 107 Å². The van der Waals surface area contributed by atoms with Crippen LogP contribution in [-0.2, 0) is 9.84 Å². The summed E-state index contributed by atoms with van der Waals surface area (Å²) in [5, 5.41) is 0. The van der Waals surface area contributed by atoms with E-state index in [2.05, 4.69) is 6.92 Å². The van der Waals surface area contributed by atoms with Crippen LogP contribution in [0.5, 0.6) is 0 Å². The van der Waals surface area contributed by atoms with Gasteiger partial charge in [0.25, 0.3) is 0 Å². The lowest BCUT2D eigenvalue weighted by Crippen LogP contribution is -2.26. The highest BCUT2D eigenvalue weighted by molar-refractivity contribution is 7.90. The van der Waals surface area contributed by atoms with Gasteiger partial charge in [0, 0.05) is 6.26 Å². The largest absolute Gasteiger partial charge is 0.229 e. The Morgan fingerprint density at radius 3 is 1.53 bits per heavy atom. The molecule has 1 saturated carbocycles. The molecule has 0 amide bonds. The van der Waals surface area contributed by atoms with Gasteiger partial charge < -0.3 is 0 Å². The summed E-state index contributed by atoms with van der Waals surface area (Å²) in [5.41, 5.74) is 0.0257. The fourth-order valence-electron chi connectivity index (χ4n) is 3.07. The molecular formula is C14H28O2S. The Morgan fingerprint density at radius 1 is 0.824 bits per heavy atom. The highest BCUT2D eigenvalue weighted by Gasteiger charge is 2.27. The van der Waals surface area contributed by atoms with E-state index in [9.17, 15) is 8.42 Å². The summed E-state index contributed by atoms with van der Waals surface area (Å²) >= 11 is 0.